The summed E-state index contributed by atoms with van der Waals surface area (Å²) in [6.45, 7) is 4.35. The molecule has 1 aliphatic carbocycles. The van der Waals surface area contributed by atoms with Crippen LogP contribution < -0.4 is 4.74 Å². The van der Waals surface area contributed by atoms with E-state index in [0.29, 0.717) is 12.2 Å². The minimum atomic E-state index is -1.25. The van der Waals surface area contributed by atoms with Gasteiger partial charge in [0.15, 0.2) is 0 Å². The molecule has 3 rings (SSSR count). The Balaban J connectivity index is 1.77. The zero-order valence-electron chi connectivity index (χ0n) is 19.2. The number of hydrogen-bond donors (Lipinski definition) is 3. The second-order valence-electron chi connectivity index (χ2n) is 8.53. The van der Waals surface area contributed by atoms with Gasteiger partial charge in [-0.15, -0.1) is 0 Å². The summed E-state index contributed by atoms with van der Waals surface area (Å²) in [6, 6.07) is 16.0. The van der Waals surface area contributed by atoms with E-state index < -0.39 is 17.8 Å². The summed E-state index contributed by atoms with van der Waals surface area (Å²) in [6.07, 6.45) is 8.06. The van der Waals surface area contributed by atoms with E-state index in [9.17, 15) is 15.0 Å². The van der Waals surface area contributed by atoms with E-state index in [2.05, 4.69) is 0 Å². The minimum Gasteiger partial charge on any atom is -0.491 e. The molecule has 33 heavy (non-hydrogen) atoms. The van der Waals surface area contributed by atoms with Crippen LogP contribution in [0.2, 0.25) is 0 Å². The largest absolute Gasteiger partial charge is 0.491 e. The van der Waals surface area contributed by atoms with Crippen LogP contribution in [0.4, 0.5) is 0 Å². The summed E-state index contributed by atoms with van der Waals surface area (Å²) in [5.41, 5.74) is -0.0567. The number of aromatic carboxylic acids is 1. The van der Waals surface area contributed by atoms with Crippen molar-refractivity contribution in [3.05, 3.63) is 90.0 Å². The topological polar surface area (TPSA) is 90.2 Å². The third-order valence-electron chi connectivity index (χ3n) is 6.10. The van der Waals surface area contributed by atoms with Crippen molar-refractivity contribution in [3.63, 3.8) is 0 Å². The lowest BCUT2D eigenvalue weighted by Gasteiger charge is -2.47. The van der Waals surface area contributed by atoms with Crippen LogP contribution in [0.15, 0.2) is 78.9 Å². The SMILES string of the molecule is CC[C@@H]1C=CC=CC1(O)N(C[C@@H](O)COc1ccccc1)[C@H](C)Cc1ccc(C(=O)O)cc1. The Morgan fingerprint density at radius 3 is 2.45 bits per heavy atom. The smallest absolute Gasteiger partial charge is 0.335 e. The zero-order valence-corrected chi connectivity index (χ0v) is 19.2. The van der Waals surface area contributed by atoms with Gasteiger partial charge in [0.25, 0.3) is 0 Å². The quantitative estimate of drug-likeness (QED) is 0.449. The third kappa shape index (κ3) is 6.32. The number of carbonyl (C=O) groups is 1. The molecular weight excluding hydrogens is 418 g/mol. The molecule has 176 valence electrons. The molecule has 0 heterocycles. The molecule has 1 unspecified atom stereocenters. The lowest BCUT2D eigenvalue weighted by atomic mass is 9.85. The van der Waals surface area contributed by atoms with Gasteiger partial charge in [0.2, 0.25) is 0 Å². The van der Waals surface area contributed by atoms with Crippen LogP contribution in [-0.4, -0.2) is 57.2 Å². The van der Waals surface area contributed by atoms with Gasteiger partial charge in [0, 0.05) is 18.5 Å². The Labute approximate surface area is 195 Å². The van der Waals surface area contributed by atoms with E-state index in [1.165, 1.54) is 0 Å². The molecule has 6 heteroatoms. The molecule has 0 aliphatic heterocycles. The second kappa shape index (κ2) is 11.3. The number of hydrogen-bond acceptors (Lipinski definition) is 5. The van der Waals surface area contributed by atoms with Crippen LogP contribution in [0, 0.1) is 5.92 Å². The summed E-state index contributed by atoms with van der Waals surface area (Å²) in [5, 5.41) is 31.7. The number of nitrogens with zero attached hydrogens (tertiary/aromatic N) is 1. The Kier molecular flexibility index (Phi) is 8.44. The van der Waals surface area contributed by atoms with Gasteiger partial charge in [-0.3, -0.25) is 4.90 Å². The van der Waals surface area contributed by atoms with E-state index >= 15 is 0 Å². The Hall–Kier alpha value is -2.93. The molecular formula is C27H33NO5. The predicted molar refractivity (Wildman–Crippen MR) is 128 cm³/mol. The average molecular weight is 452 g/mol. The van der Waals surface area contributed by atoms with E-state index in [1.54, 1.807) is 30.3 Å². The van der Waals surface area contributed by atoms with Crippen molar-refractivity contribution in [2.24, 2.45) is 5.92 Å². The lowest BCUT2D eigenvalue weighted by Crippen LogP contribution is -2.59. The number of allylic oxidation sites excluding steroid dienone is 2. The maximum atomic E-state index is 11.7. The van der Waals surface area contributed by atoms with E-state index in [1.807, 2.05) is 67.3 Å². The van der Waals surface area contributed by atoms with E-state index in [4.69, 9.17) is 9.84 Å². The highest BCUT2D eigenvalue weighted by Gasteiger charge is 2.42. The molecule has 1 aliphatic rings. The summed E-state index contributed by atoms with van der Waals surface area (Å²) >= 11 is 0. The number of para-hydroxylation sites is 1. The summed E-state index contributed by atoms with van der Waals surface area (Å²) in [7, 11) is 0. The summed E-state index contributed by atoms with van der Waals surface area (Å²) in [4.78, 5) is 13.1. The minimum absolute atomic E-state index is 0.104. The van der Waals surface area contributed by atoms with Crippen LogP contribution in [0.5, 0.6) is 5.75 Å². The molecule has 0 amide bonds. The number of aliphatic hydroxyl groups excluding tert-OH is 1. The van der Waals surface area contributed by atoms with Crippen molar-refractivity contribution in [1.82, 2.24) is 4.90 Å². The van der Waals surface area contributed by atoms with Gasteiger partial charge < -0.3 is 20.1 Å². The zero-order chi connectivity index (χ0) is 23.8. The second-order valence-corrected chi connectivity index (χ2v) is 8.53. The molecule has 0 aromatic heterocycles. The van der Waals surface area contributed by atoms with Gasteiger partial charge in [-0.2, -0.15) is 0 Å². The normalized spacial score (nSPS) is 21.7. The molecule has 0 saturated heterocycles. The van der Waals surface area contributed by atoms with Crippen LogP contribution in [0.25, 0.3) is 0 Å². The van der Waals surface area contributed by atoms with Gasteiger partial charge in [0.05, 0.1) is 5.56 Å². The Morgan fingerprint density at radius 1 is 1.12 bits per heavy atom. The monoisotopic (exact) mass is 451 g/mol. The van der Waals surface area contributed by atoms with Crippen molar-refractivity contribution >= 4 is 5.97 Å². The van der Waals surface area contributed by atoms with Gasteiger partial charge in [-0.25, -0.2) is 4.79 Å². The summed E-state index contributed by atoms with van der Waals surface area (Å²) in [5.74, 6) is -0.404. The number of rotatable bonds is 11. The van der Waals surface area contributed by atoms with Crippen LogP contribution in [0.1, 0.15) is 36.2 Å². The van der Waals surface area contributed by atoms with Gasteiger partial charge >= 0.3 is 5.97 Å². The highest BCUT2D eigenvalue weighted by Crippen LogP contribution is 2.33. The first-order valence-corrected chi connectivity index (χ1v) is 11.4. The van der Waals surface area contributed by atoms with Crippen molar-refractivity contribution in [2.75, 3.05) is 13.2 Å². The molecule has 0 saturated carbocycles. The fraction of sp³-hybridized carbons (Fsp3) is 0.370. The number of carboxylic acids is 1. The highest BCUT2D eigenvalue weighted by atomic mass is 16.5. The number of aliphatic hydroxyl groups is 2. The molecule has 0 bridgehead atoms. The maximum Gasteiger partial charge on any atom is 0.335 e. The molecule has 2 aromatic rings. The number of carboxylic acid groups (broad SMARTS) is 1. The fourth-order valence-electron chi connectivity index (χ4n) is 4.31. The molecule has 0 fully saturated rings. The molecule has 2 aromatic carbocycles. The van der Waals surface area contributed by atoms with Gasteiger partial charge in [-0.05, 0) is 55.7 Å². The fourth-order valence-corrected chi connectivity index (χ4v) is 4.31. The Bertz CT molecular complexity index is 956. The maximum absolute atomic E-state index is 11.7. The highest BCUT2D eigenvalue weighted by molar-refractivity contribution is 5.87. The van der Waals surface area contributed by atoms with Gasteiger partial charge in [0.1, 0.15) is 24.2 Å². The summed E-state index contributed by atoms with van der Waals surface area (Å²) < 4.78 is 5.73. The Morgan fingerprint density at radius 2 is 1.82 bits per heavy atom. The molecule has 0 radical (unpaired) electrons. The first kappa shape index (κ1) is 24.7. The number of benzene rings is 2. The standard InChI is InChI=1S/C27H33NO5/c1-3-23-9-7-8-16-27(23,32)28(18-24(29)19-33-25-10-5-4-6-11-25)20(2)17-21-12-14-22(15-13-21)26(30)31/h4-16,20,23-24,29,32H,3,17-19H2,1-2H3,(H,30,31)/t20-,23-,24-,27?/m1/s1. The first-order chi connectivity index (χ1) is 15.8. The lowest BCUT2D eigenvalue weighted by molar-refractivity contribution is -0.132. The van der Waals surface area contributed by atoms with E-state index in [-0.39, 0.29) is 30.7 Å². The van der Waals surface area contributed by atoms with Crippen LogP contribution >= 0.6 is 0 Å². The molecule has 6 nitrogen and oxygen atoms in total. The van der Waals surface area contributed by atoms with Crippen LogP contribution in [-0.2, 0) is 6.42 Å². The van der Waals surface area contributed by atoms with E-state index in [0.717, 1.165) is 12.0 Å². The average Bonchev–Trinajstić information content (AvgIpc) is 2.82. The van der Waals surface area contributed by atoms with Crippen molar-refractivity contribution < 1.29 is 24.9 Å². The predicted octanol–water partition coefficient (Wildman–Crippen LogP) is 3.90. The number of ether oxygens (including phenoxy) is 1. The molecule has 3 N–H and O–H groups in total. The van der Waals surface area contributed by atoms with Crippen molar-refractivity contribution in [2.45, 2.75) is 44.6 Å². The first-order valence-electron chi connectivity index (χ1n) is 11.4. The molecule has 0 spiro atoms. The third-order valence-corrected chi connectivity index (χ3v) is 6.10. The van der Waals surface area contributed by atoms with Gasteiger partial charge in [-0.1, -0.05) is 55.5 Å². The van der Waals surface area contributed by atoms with Crippen molar-refractivity contribution in [3.8, 4) is 5.75 Å². The van der Waals surface area contributed by atoms with Crippen LogP contribution in [0.3, 0.4) is 0 Å². The molecule has 4 atom stereocenters. The van der Waals surface area contributed by atoms with Crippen molar-refractivity contribution in [1.29, 1.82) is 0 Å².